The minimum absolute atomic E-state index is 0. The van der Waals surface area contributed by atoms with Crippen molar-refractivity contribution in [3.05, 3.63) is 121 Å². The number of hydrogen-bond donors (Lipinski definition) is 2. The molecule has 3 aliphatic heterocycles. The van der Waals surface area contributed by atoms with Gasteiger partial charge in [0.15, 0.2) is 11.6 Å². The second-order valence-electron chi connectivity index (χ2n) is 15.3. The molecule has 27 nitrogen and oxygen atoms in total. The van der Waals surface area contributed by atoms with E-state index < -0.39 is 57.1 Å². The molecule has 0 saturated carbocycles. The number of hydrogen-bond acceptors (Lipinski definition) is 20. The number of carbonyl (C=O) groups excluding carboxylic acids is 5. The second kappa shape index (κ2) is 42.1. The summed E-state index contributed by atoms with van der Waals surface area (Å²) in [6.07, 6.45) is -0.440. The fraction of sp³-hybridized carbons (Fsp3) is 0.500. The Labute approximate surface area is 482 Å². The maximum atomic E-state index is 11.4. The molecule has 3 heterocycles. The maximum Gasteiger partial charge on any atom is 1.00 e. The summed E-state index contributed by atoms with van der Waals surface area (Å²) >= 11 is 0. The number of aliphatic carboxylic acids is 1. The number of methoxy groups -OCH3 is 4. The number of carboxylic acids is 1. The third-order valence-corrected chi connectivity index (χ3v) is 10.3. The number of amides is 3. The molecule has 6 rings (SSSR count). The number of aliphatic hydroxyl groups excluding tert-OH is 1. The predicted molar refractivity (Wildman–Crippen MR) is 267 cm³/mol. The van der Waals surface area contributed by atoms with Gasteiger partial charge in [-0.25, -0.2) is 19.2 Å². The zero-order valence-corrected chi connectivity index (χ0v) is 47.5. The van der Waals surface area contributed by atoms with Crippen molar-refractivity contribution in [1.29, 1.82) is 0 Å². The normalized spacial score (nSPS) is 18.3. The fourth-order valence-corrected chi connectivity index (χ4v) is 6.89. The smallest absolute Gasteiger partial charge is 0.870 e. The van der Waals surface area contributed by atoms with Crippen LogP contribution in [0.25, 0.3) is 0 Å². The molecular formula is C48H69KN6O21. The average Bonchev–Trinajstić information content (AvgIpc) is 4.16. The van der Waals surface area contributed by atoms with Crippen LogP contribution >= 0.6 is 0 Å². The molecule has 6 atom stereocenters. The maximum absolute atomic E-state index is 11.4. The van der Waals surface area contributed by atoms with Gasteiger partial charge in [-0.1, -0.05) is 54.6 Å². The van der Waals surface area contributed by atoms with E-state index in [1.165, 1.54) is 86.3 Å². The minimum atomic E-state index is -1.03. The number of Topliss-reactive ketones (excluding diaryl/α,β-unsaturated/α-hetero) is 2. The Morgan fingerprint density at radius 1 is 0.526 bits per heavy atom. The van der Waals surface area contributed by atoms with Crippen LogP contribution in [0.2, 0.25) is 0 Å². The van der Waals surface area contributed by atoms with Crippen molar-refractivity contribution in [3.63, 3.8) is 0 Å². The number of carbonyl (C=O) groups is 6. The Balaban J connectivity index is -0.000000838. The van der Waals surface area contributed by atoms with Gasteiger partial charge in [0.1, 0.15) is 6.04 Å². The molecule has 0 spiro atoms. The van der Waals surface area contributed by atoms with E-state index in [1.54, 1.807) is 68.6 Å². The van der Waals surface area contributed by atoms with E-state index in [2.05, 4.69) is 14.2 Å². The number of carboxylic acid groups (broad SMARTS) is 1. The summed E-state index contributed by atoms with van der Waals surface area (Å²) in [7, 11) is 5.42. The van der Waals surface area contributed by atoms with Crippen LogP contribution in [-0.2, 0) is 42.8 Å². The van der Waals surface area contributed by atoms with Crippen molar-refractivity contribution in [2.24, 2.45) is 0 Å². The molecule has 3 N–H and O–H groups in total. The Morgan fingerprint density at radius 3 is 0.987 bits per heavy atom. The third kappa shape index (κ3) is 28.2. The Hall–Kier alpha value is -6.08. The zero-order chi connectivity index (χ0) is 56.3. The van der Waals surface area contributed by atoms with Crippen molar-refractivity contribution in [2.45, 2.75) is 90.3 Å². The Morgan fingerprint density at radius 2 is 0.776 bits per heavy atom. The molecule has 0 aliphatic carbocycles. The molecule has 0 bridgehead atoms. The summed E-state index contributed by atoms with van der Waals surface area (Å²) in [5, 5.41) is 46.5. The number of non-ortho nitro benzene ring substituents is 3. The monoisotopic (exact) mass is 1100 g/mol. The second-order valence-corrected chi connectivity index (χ2v) is 15.3. The topological polar surface area (TPSA) is 367 Å². The number of aliphatic hydroxyl groups is 1. The summed E-state index contributed by atoms with van der Waals surface area (Å²) in [4.78, 5) is 100. The summed E-state index contributed by atoms with van der Waals surface area (Å²) in [6, 6.07) is 22.2. The van der Waals surface area contributed by atoms with Crippen molar-refractivity contribution in [2.75, 3.05) is 67.9 Å². The van der Waals surface area contributed by atoms with Crippen LogP contribution in [0.5, 0.6) is 0 Å². The van der Waals surface area contributed by atoms with Crippen LogP contribution in [-0.4, -0.2) is 185 Å². The quantitative estimate of drug-likeness (QED) is 0.120. The van der Waals surface area contributed by atoms with Gasteiger partial charge >= 0.3 is 75.6 Å². The van der Waals surface area contributed by atoms with Gasteiger partial charge in [-0.05, 0) is 34.6 Å². The number of rotatable bonds is 11. The average molecular weight is 1110 g/mol. The number of ether oxygens (including phenoxy) is 6. The Bertz CT molecular complexity index is 2020. The molecule has 76 heavy (non-hydrogen) atoms. The molecule has 3 aromatic rings. The number of likely N-dealkylation sites (tertiary alicyclic amines) is 3. The van der Waals surface area contributed by atoms with Gasteiger partial charge in [-0.2, -0.15) is 0 Å². The van der Waals surface area contributed by atoms with E-state index >= 15 is 0 Å². The van der Waals surface area contributed by atoms with Crippen molar-refractivity contribution in [3.8, 4) is 0 Å². The summed E-state index contributed by atoms with van der Waals surface area (Å²) in [5.74, 6) is -1.08. The molecular weight excluding hydrogens is 1040 g/mol. The van der Waals surface area contributed by atoms with Crippen molar-refractivity contribution >= 4 is 52.9 Å². The first-order valence-electron chi connectivity index (χ1n) is 22.8. The predicted octanol–water partition coefficient (Wildman–Crippen LogP) is 3.18. The van der Waals surface area contributed by atoms with Gasteiger partial charge in [0.2, 0.25) is 0 Å². The van der Waals surface area contributed by atoms with Gasteiger partial charge in [-0.15, -0.1) is 0 Å². The van der Waals surface area contributed by atoms with Crippen molar-refractivity contribution in [1.82, 2.24) is 14.7 Å². The van der Waals surface area contributed by atoms with Gasteiger partial charge < -0.3 is 44.1 Å². The molecule has 0 radical (unpaired) electrons. The van der Waals surface area contributed by atoms with Crippen LogP contribution in [0, 0.1) is 30.3 Å². The number of para-hydroxylation sites is 3. The van der Waals surface area contributed by atoms with Crippen LogP contribution in [0.3, 0.4) is 0 Å². The van der Waals surface area contributed by atoms with Gasteiger partial charge in [-0.3, -0.25) is 54.6 Å². The number of benzene rings is 3. The van der Waals surface area contributed by atoms with Crippen LogP contribution in [0.4, 0.5) is 31.4 Å². The van der Waals surface area contributed by atoms with E-state index in [4.69, 9.17) is 24.4 Å². The summed E-state index contributed by atoms with van der Waals surface area (Å²) in [5.41, 5.74) is 0.410. The first-order valence-corrected chi connectivity index (χ1v) is 22.8. The molecule has 3 amide bonds. The zero-order valence-electron chi connectivity index (χ0n) is 44.4. The summed E-state index contributed by atoms with van der Waals surface area (Å²) < 4.78 is 29.5. The largest absolute Gasteiger partial charge is 1.00 e. The first-order chi connectivity index (χ1) is 35.1. The number of nitro benzene ring substituents is 3. The molecule has 418 valence electrons. The van der Waals surface area contributed by atoms with E-state index in [-0.39, 0.29) is 117 Å². The van der Waals surface area contributed by atoms with Gasteiger partial charge in [0, 0.05) is 82.6 Å². The molecule has 28 heteroatoms. The van der Waals surface area contributed by atoms with Gasteiger partial charge in [0.25, 0.3) is 17.1 Å². The molecule has 6 unspecified atom stereocenters. The van der Waals surface area contributed by atoms with E-state index in [0.29, 0.717) is 45.6 Å². The van der Waals surface area contributed by atoms with Crippen LogP contribution in [0.15, 0.2) is 91.0 Å². The number of ketones is 2. The molecule has 3 aliphatic rings. The first kappa shape index (κ1) is 74.2. The molecule has 3 fully saturated rings. The molecule has 0 aromatic heterocycles. The SMILES string of the molecule is CCO.CCOC1CC(C(=O)O)N(C(=O)OC)C1.CCOC1CC(C(C)=O)N(C(=O)OC)C1.COC(=O)N1CC(OC)CC1C(C)=O.O=[N+]([O-])c1ccccc1.O=[N+]([O-])c1ccccc1.O=[N+]([O-])c1ccccc1.[K+].[OH-]. The van der Waals surface area contributed by atoms with Gasteiger partial charge in [0.05, 0.1) is 86.1 Å². The van der Waals surface area contributed by atoms with E-state index in [0.717, 1.165) is 0 Å². The van der Waals surface area contributed by atoms with E-state index in [1.807, 2.05) is 13.8 Å². The van der Waals surface area contributed by atoms with Crippen molar-refractivity contribution < 1.29 is 139 Å². The number of nitrogens with zero attached hydrogens (tertiary/aromatic N) is 6. The minimum Gasteiger partial charge on any atom is -0.870 e. The molecule has 3 aromatic carbocycles. The third-order valence-electron chi connectivity index (χ3n) is 10.3. The van der Waals surface area contributed by atoms with Crippen LogP contribution < -0.4 is 51.4 Å². The fourth-order valence-electron chi connectivity index (χ4n) is 6.89. The van der Waals surface area contributed by atoms with E-state index in [9.17, 15) is 59.1 Å². The summed E-state index contributed by atoms with van der Waals surface area (Å²) in [6.45, 7) is 10.8. The van der Waals surface area contributed by atoms with Crippen LogP contribution in [0.1, 0.15) is 53.9 Å². The standard InChI is InChI=1S/C10H17NO4.C9H15NO5.C9H15NO4.3C6H5NO2.C2H6O.K.H2O/c1-4-15-8-5-9(7(2)12)11(6-8)10(13)14-3;1-3-15-6-4-7(8(11)12)10(5-6)9(13)14-2;1-6(11)8-4-7(13-2)5-10(8)9(12)14-3;3*8-7(9)6-4-2-1-3-5-6;1-2-3;;/h8-9H,4-6H2,1-3H3;6-7H,3-5H2,1-2H3,(H,11,12);7-8H,4-5H2,1-3H3;3*1-5H;3H,2H2,1H3;;1H2/q;;;;;;;+1;/p-1. The Kier molecular flexibility index (Phi) is 41.1. The number of nitro groups is 3. The molecule has 3 saturated heterocycles.